The highest BCUT2D eigenvalue weighted by Gasteiger charge is 2.23. The fraction of sp³-hybridized carbons (Fsp3) is 0.750. The van der Waals surface area contributed by atoms with Gasteiger partial charge in [-0.3, -0.25) is 4.79 Å². The molecule has 1 amide bonds. The van der Waals surface area contributed by atoms with Crippen LogP contribution in [0.15, 0.2) is 4.99 Å². The van der Waals surface area contributed by atoms with Gasteiger partial charge in [0.05, 0.1) is 13.0 Å². The largest absolute Gasteiger partial charge is 0.473 e. The molecule has 1 unspecified atom stereocenters. The number of thioether (sulfide) groups is 1. The summed E-state index contributed by atoms with van der Waals surface area (Å²) in [5, 5.41) is 0.428. The lowest BCUT2D eigenvalue weighted by atomic mass is 10.4. The zero-order chi connectivity index (χ0) is 9.68. The Morgan fingerprint density at radius 1 is 1.54 bits per heavy atom. The Hall–Kier alpha value is -0.550. The van der Waals surface area contributed by atoms with Crippen molar-refractivity contribution >= 4 is 22.9 Å². The van der Waals surface area contributed by atoms with E-state index in [1.165, 1.54) is 11.8 Å². The normalized spacial score (nSPS) is 22.8. The van der Waals surface area contributed by atoms with Crippen molar-refractivity contribution < 1.29 is 14.3 Å². The molecule has 1 atom stereocenters. The number of amides is 1. The fourth-order valence-electron chi connectivity index (χ4n) is 0.939. The SMILES string of the molecule is CCOC1=NC(=O)CC(OCC)S1. The first-order chi connectivity index (χ1) is 6.26. The van der Waals surface area contributed by atoms with Crippen LogP contribution in [-0.4, -0.2) is 29.8 Å². The summed E-state index contributed by atoms with van der Waals surface area (Å²) < 4.78 is 10.5. The van der Waals surface area contributed by atoms with E-state index >= 15 is 0 Å². The van der Waals surface area contributed by atoms with Gasteiger partial charge in [0.2, 0.25) is 0 Å². The standard InChI is InChI=1S/C8H13NO3S/c1-3-11-7-5-6(10)9-8(13-7)12-4-2/h7H,3-5H2,1-2H3. The van der Waals surface area contributed by atoms with Crippen LogP contribution in [0.3, 0.4) is 0 Å². The second-order valence-electron chi connectivity index (χ2n) is 2.41. The van der Waals surface area contributed by atoms with Crippen LogP contribution in [0.5, 0.6) is 0 Å². The van der Waals surface area contributed by atoms with E-state index in [4.69, 9.17) is 9.47 Å². The Morgan fingerprint density at radius 3 is 2.92 bits per heavy atom. The molecule has 0 radical (unpaired) electrons. The van der Waals surface area contributed by atoms with Gasteiger partial charge in [0.15, 0.2) is 0 Å². The minimum Gasteiger partial charge on any atom is -0.473 e. The van der Waals surface area contributed by atoms with E-state index in [1.54, 1.807) is 0 Å². The molecule has 1 heterocycles. The summed E-state index contributed by atoms with van der Waals surface area (Å²) in [5.41, 5.74) is -0.128. The molecule has 1 aliphatic rings. The van der Waals surface area contributed by atoms with Crippen molar-refractivity contribution in [3.8, 4) is 0 Å². The lowest BCUT2D eigenvalue weighted by molar-refractivity contribution is -0.119. The average Bonchev–Trinajstić information content (AvgIpc) is 2.04. The molecule has 13 heavy (non-hydrogen) atoms. The molecule has 74 valence electrons. The third kappa shape index (κ3) is 3.36. The van der Waals surface area contributed by atoms with Gasteiger partial charge in [-0.1, -0.05) is 0 Å². The van der Waals surface area contributed by atoms with Crippen LogP contribution in [0, 0.1) is 0 Å². The number of rotatable bonds is 3. The molecular weight excluding hydrogens is 190 g/mol. The average molecular weight is 203 g/mol. The predicted octanol–water partition coefficient (Wildman–Crippen LogP) is 1.41. The third-order valence-corrected chi connectivity index (χ3v) is 2.39. The van der Waals surface area contributed by atoms with E-state index in [2.05, 4.69) is 4.99 Å². The summed E-state index contributed by atoms with van der Waals surface area (Å²) in [6, 6.07) is 0. The predicted molar refractivity (Wildman–Crippen MR) is 51.7 cm³/mol. The topological polar surface area (TPSA) is 47.9 Å². The van der Waals surface area contributed by atoms with E-state index in [9.17, 15) is 4.79 Å². The Kier molecular flexibility index (Phi) is 4.24. The van der Waals surface area contributed by atoms with E-state index in [0.717, 1.165) is 0 Å². The molecule has 0 saturated heterocycles. The van der Waals surface area contributed by atoms with Crippen molar-refractivity contribution in [3.05, 3.63) is 0 Å². The minimum atomic E-state index is -0.166. The number of ether oxygens (including phenoxy) is 2. The molecule has 0 aromatic carbocycles. The van der Waals surface area contributed by atoms with Crippen molar-refractivity contribution in [1.82, 2.24) is 0 Å². The van der Waals surface area contributed by atoms with E-state index in [-0.39, 0.29) is 11.3 Å². The highest BCUT2D eigenvalue weighted by atomic mass is 32.2. The summed E-state index contributed by atoms with van der Waals surface area (Å²) in [5.74, 6) is -0.166. The Bertz CT molecular complexity index is 217. The van der Waals surface area contributed by atoms with Gasteiger partial charge >= 0.3 is 0 Å². The summed E-state index contributed by atoms with van der Waals surface area (Å²) >= 11 is 1.37. The molecule has 0 fully saturated rings. The first-order valence-electron chi connectivity index (χ1n) is 4.28. The van der Waals surface area contributed by atoms with Gasteiger partial charge in [-0.05, 0) is 25.6 Å². The number of nitrogens with zero attached hydrogens (tertiary/aromatic N) is 1. The van der Waals surface area contributed by atoms with Gasteiger partial charge in [-0.25, -0.2) is 0 Å². The van der Waals surface area contributed by atoms with Crippen LogP contribution in [0.1, 0.15) is 20.3 Å². The van der Waals surface area contributed by atoms with Gasteiger partial charge in [-0.2, -0.15) is 4.99 Å². The third-order valence-electron chi connectivity index (χ3n) is 1.41. The van der Waals surface area contributed by atoms with Crippen LogP contribution in [-0.2, 0) is 14.3 Å². The van der Waals surface area contributed by atoms with Gasteiger partial charge in [0.1, 0.15) is 5.44 Å². The molecule has 0 aliphatic carbocycles. The van der Waals surface area contributed by atoms with Crippen molar-refractivity contribution in [2.75, 3.05) is 13.2 Å². The summed E-state index contributed by atoms with van der Waals surface area (Å²) in [6.45, 7) is 4.89. The van der Waals surface area contributed by atoms with Crippen molar-refractivity contribution in [1.29, 1.82) is 0 Å². The van der Waals surface area contributed by atoms with Crippen LogP contribution in [0.2, 0.25) is 0 Å². The molecule has 5 heteroatoms. The molecule has 0 saturated carbocycles. The Balaban J connectivity index is 2.51. The fourth-order valence-corrected chi connectivity index (χ4v) is 1.93. The monoisotopic (exact) mass is 203 g/mol. The maximum Gasteiger partial charge on any atom is 0.256 e. The molecule has 0 aromatic rings. The van der Waals surface area contributed by atoms with E-state index < -0.39 is 0 Å². The minimum absolute atomic E-state index is 0.128. The maximum atomic E-state index is 11.1. The summed E-state index contributed by atoms with van der Waals surface area (Å²) in [4.78, 5) is 14.8. The number of aliphatic imine (C=N–C) groups is 1. The molecule has 1 aliphatic heterocycles. The molecule has 0 spiro atoms. The van der Waals surface area contributed by atoms with Crippen LogP contribution >= 0.6 is 11.8 Å². The highest BCUT2D eigenvalue weighted by molar-refractivity contribution is 8.14. The molecule has 4 nitrogen and oxygen atoms in total. The molecule has 0 bridgehead atoms. The Labute approximate surface area is 81.7 Å². The van der Waals surface area contributed by atoms with Crippen molar-refractivity contribution in [2.24, 2.45) is 4.99 Å². The Morgan fingerprint density at radius 2 is 2.31 bits per heavy atom. The number of carbonyl (C=O) groups excluding carboxylic acids is 1. The highest BCUT2D eigenvalue weighted by Crippen LogP contribution is 2.23. The lowest BCUT2D eigenvalue weighted by Gasteiger charge is -2.19. The first kappa shape index (κ1) is 10.5. The summed E-state index contributed by atoms with van der Waals surface area (Å²) in [7, 11) is 0. The molecular formula is C8H13NO3S. The second kappa shape index (κ2) is 5.24. The van der Waals surface area contributed by atoms with E-state index in [0.29, 0.717) is 24.9 Å². The smallest absolute Gasteiger partial charge is 0.256 e. The van der Waals surface area contributed by atoms with Crippen LogP contribution < -0.4 is 0 Å². The van der Waals surface area contributed by atoms with Gasteiger partial charge in [0.25, 0.3) is 11.1 Å². The molecule has 0 N–H and O–H groups in total. The van der Waals surface area contributed by atoms with Crippen molar-refractivity contribution in [3.63, 3.8) is 0 Å². The van der Waals surface area contributed by atoms with Gasteiger partial charge in [-0.15, -0.1) is 0 Å². The number of hydrogen-bond acceptors (Lipinski definition) is 4. The summed E-state index contributed by atoms with van der Waals surface area (Å²) in [6.07, 6.45) is 0.342. The van der Waals surface area contributed by atoms with Crippen LogP contribution in [0.25, 0.3) is 0 Å². The molecule has 1 rings (SSSR count). The lowest BCUT2D eigenvalue weighted by Crippen LogP contribution is -2.22. The van der Waals surface area contributed by atoms with E-state index in [1.807, 2.05) is 13.8 Å². The van der Waals surface area contributed by atoms with Gasteiger partial charge in [0, 0.05) is 6.61 Å². The van der Waals surface area contributed by atoms with Gasteiger partial charge < -0.3 is 9.47 Å². The number of hydrogen-bond donors (Lipinski definition) is 0. The van der Waals surface area contributed by atoms with Crippen LogP contribution in [0.4, 0.5) is 0 Å². The zero-order valence-electron chi connectivity index (χ0n) is 7.78. The number of carbonyl (C=O) groups is 1. The van der Waals surface area contributed by atoms with Crippen molar-refractivity contribution in [2.45, 2.75) is 25.7 Å². The first-order valence-corrected chi connectivity index (χ1v) is 5.16. The second-order valence-corrected chi connectivity index (χ2v) is 3.52. The zero-order valence-corrected chi connectivity index (χ0v) is 8.60. The molecule has 0 aromatic heterocycles. The maximum absolute atomic E-state index is 11.1. The quantitative estimate of drug-likeness (QED) is 0.695.